The molecule has 0 radical (unpaired) electrons. The van der Waals surface area contributed by atoms with Crippen molar-refractivity contribution in [1.82, 2.24) is 4.98 Å². The van der Waals surface area contributed by atoms with Crippen LogP contribution in [0.5, 0.6) is 0 Å². The van der Waals surface area contributed by atoms with Crippen LogP contribution >= 0.6 is 0 Å². The fraction of sp³-hybridized carbons (Fsp3) is 0.500. The van der Waals surface area contributed by atoms with Crippen LogP contribution in [0.2, 0.25) is 0 Å². The molecule has 1 unspecified atom stereocenters. The van der Waals surface area contributed by atoms with E-state index in [0.717, 1.165) is 43.6 Å². The van der Waals surface area contributed by atoms with E-state index in [1.54, 1.807) is 6.20 Å². The lowest BCUT2D eigenvalue weighted by molar-refractivity contribution is 0.102. The lowest BCUT2D eigenvalue weighted by atomic mass is 9.99. The molecule has 4 rings (SSSR count). The lowest BCUT2D eigenvalue weighted by Crippen LogP contribution is -2.34. The summed E-state index contributed by atoms with van der Waals surface area (Å²) in [5, 5.41) is 2.99. The largest absolute Gasteiger partial charge is 0.372 e. The van der Waals surface area contributed by atoms with Gasteiger partial charge in [-0.25, -0.2) is 4.98 Å². The Kier molecular flexibility index (Phi) is 6.02. The van der Waals surface area contributed by atoms with Crippen LogP contribution in [0, 0.1) is 11.8 Å². The molecule has 0 spiro atoms. The average molecular weight is 393 g/mol. The summed E-state index contributed by atoms with van der Waals surface area (Å²) < 4.78 is 0. The maximum atomic E-state index is 12.6. The van der Waals surface area contributed by atoms with Gasteiger partial charge in [-0.1, -0.05) is 13.8 Å². The molecule has 1 atom stereocenters. The van der Waals surface area contributed by atoms with E-state index in [1.165, 1.54) is 31.4 Å². The Labute approximate surface area is 174 Å². The summed E-state index contributed by atoms with van der Waals surface area (Å²) in [7, 11) is 0. The summed E-state index contributed by atoms with van der Waals surface area (Å²) in [5.74, 6) is 2.37. The summed E-state index contributed by atoms with van der Waals surface area (Å²) in [4.78, 5) is 21.9. The molecular formula is C24H32N4O. The molecule has 2 saturated heterocycles. The molecule has 0 bridgehead atoms. The van der Waals surface area contributed by atoms with Crippen molar-refractivity contribution in [3.63, 3.8) is 0 Å². The van der Waals surface area contributed by atoms with E-state index in [-0.39, 0.29) is 5.91 Å². The predicted molar refractivity (Wildman–Crippen MR) is 120 cm³/mol. The average Bonchev–Trinajstić information content (AvgIpc) is 2.75. The van der Waals surface area contributed by atoms with Gasteiger partial charge in [0.25, 0.3) is 5.91 Å². The second kappa shape index (κ2) is 8.85. The molecule has 154 valence electrons. The van der Waals surface area contributed by atoms with Gasteiger partial charge < -0.3 is 15.1 Å². The summed E-state index contributed by atoms with van der Waals surface area (Å²) in [6.45, 7) is 8.92. The van der Waals surface area contributed by atoms with Crippen LogP contribution in [0.15, 0.2) is 42.6 Å². The number of rotatable bonds is 4. The van der Waals surface area contributed by atoms with E-state index in [1.807, 2.05) is 24.3 Å². The normalized spacial score (nSPS) is 20.6. The Morgan fingerprint density at radius 2 is 1.69 bits per heavy atom. The van der Waals surface area contributed by atoms with E-state index >= 15 is 0 Å². The van der Waals surface area contributed by atoms with E-state index in [9.17, 15) is 4.79 Å². The van der Waals surface area contributed by atoms with E-state index < -0.39 is 0 Å². The van der Waals surface area contributed by atoms with Crippen molar-refractivity contribution in [2.24, 2.45) is 11.8 Å². The number of carbonyl (C=O) groups is 1. The fourth-order valence-electron chi connectivity index (χ4n) is 4.33. The Balaban J connectivity index is 1.35. The number of pyridine rings is 1. The van der Waals surface area contributed by atoms with Crippen LogP contribution < -0.4 is 15.1 Å². The molecule has 29 heavy (non-hydrogen) atoms. The number of amides is 1. The zero-order valence-corrected chi connectivity index (χ0v) is 17.6. The molecule has 0 aliphatic carbocycles. The molecule has 1 aromatic heterocycles. The maximum Gasteiger partial charge on any atom is 0.257 e. The summed E-state index contributed by atoms with van der Waals surface area (Å²) in [5.41, 5.74) is 2.64. The molecule has 5 heteroatoms. The molecule has 5 nitrogen and oxygen atoms in total. The Morgan fingerprint density at radius 3 is 2.34 bits per heavy atom. The number of hydrogen-bond acceptors (Lipinski definition) is 4. The van der Waals surface area contributed by atoms with E-state index in [0.29, 0.717) is 11.5 Å². The highest BCUT2D eigenvalue weighted by Crippen LogP contribution is 2.25. The van der Waals surface area contributed by atoms with Gasteiger partial charge in [-0.3, -0.25) is 4.79 Å². The first-order valence-electron chi connectivity index (χ1n) is 11.0. The first-order chi connectivity index (χ1) is 14.1. The maximum absolute atomic E-state index is 12.6. The smallest absolute Gasteiger partial charge is 0.257 e. The second-order valence-electron chi connectivity index (χ2n) is 8.77. The molecule has 2 aromatic rings. The fourth-order valence-corrected chi connectivity index (χ4v) is 4.33. The molecular weight excluding hydrogens is 360 g/mol. The zero-order chi connectivity index (χ0) is 20.2. The van der Waals surface area contributed by atoms with Gasteiger partial charge in [-0.05, 0) is 73.9 Å². The van der Waals surface area contributed by atoms with Gasteiger partial charge in [0, 0.05) is 43.8 Å². The van der Waals surface area contributed by atoms with Gasteiger partial charge in [0.1, 0.15) is 5.82 Å². The first-order valence-corrected chi connectivity index (χ1v) is 11.0. The number of piperidine rings is 2. The summed E-state index contributed by atoms with van der Waals surface area (Å²) in [6, 6.07) is 12.0. The van der Waals surface area contributed by atoms with Crippen LogP contribution in [0.4, 0.5) is 17.2 Å². The number of hydrogen-bond donors (Lipinski definition) is 1. The number of nitrogens with zero attached hydrogens (tertiary/aromatic N) is 3. The third-order valence-electron chi connectivity index (χ3n) is 6.27. The molecule has 1 aromatic carbocycles. The van der Waals surface area contributed by atoms with Crippen molar-refractivity contribution >= 4 is 23.1 Å². The van der Waals surface area contributed by atoms with Crippen LogP contribution in [-0.4, -0.2) is 37.1 Å². The number of benzene rings is 1. The van der Waals surface area contributed by atoms with Gasteiger partial charge in [0.2, 0.25) is 0 Å². The highest BCUT2D eigenvalue weighted by molar-refractivity contribution is 6.04. The van der Waals surface area contributed by atoms with Crippen molar-refractivity contribution in [2.45, 2.75) is 39.5 Å². The SMILES string of the molecule is CC1CCN(c2ccc(NC(=O)c3ccc(N4CCCC(C)C4)nc3)cc2)CC1. The van der Waals surface area contributed by atoms with Gasteiger partial charge in [0.15, 0.2) is 0 Å². The van der Waals surface area contributed by atoms with Crippen molar-refractivity contribution in [3.8, 4) is 0 Å². The van der Waals surface area contributed by atoms with Gasteiger partial charge >= 0.3 is 0 Å². The summed E-state index contributed by atoms with van der Waals surface area (Å²) >= 11 is 0. The lowest BCUT2D eigenvalue weighted by Gasteiger charge is -2.32. The molecule has 2 aliphatic rings. The van der Waals surface area contributed by atoms with Crippen LogP contribution in [0.1, 0.15) is 49.9 Å². The number of carbonyl (C=O) groups excluding carboxylic acids is 1. The second-order valence-corrected chi connectivity index (χ2v) is 8.77. The van der Waals surface area contributed by atoms with Gasteiger partial charge in [0.05, 0.1) is 5.56 Å². The first kappa shape index (κ1) is 19.7. The van der Waals surface area contributed by atoms with Crippen LogP contribution in [-0.2, 0) is 0 Å². The topological polar surface area (TPSA) is 48.5 Å². The highest BCUT2D eigenvalue weighted by Gasteiger charge is 2.18. The Bertz CT molecular complexity index is 810. The number of nitrogens with one attached hydrogen (secondary N) is 1. The van der Waals surface area contributed by atoms with E-state index in [2.05, 4.69) is 46.1 Å². The minimum absolute atomic E-state index is 0.115. The predicted octanol–water partition coefficient (Wildman–Crippen LogP) is 4.81. The minimum Gasteiger partial charge on any atom is -0.372 e. The van der Waals surface area contributed by atoms with E-state index in [4.69, 9.17) is 0 Å². The molecule has 0 saturated carbocycles. The zero-order valence-electron chi connectivity index (χ0n) is 17.6. The quantitative estimate of drug-likeness (QED) is 0.811. The summed E-state index contributed by atoms with van der Waals surface area (Å²) in [6.07, 6.45) is 6.67. The number of anilines is 3. The molecule has 2 aliphatic heterocycles. The van der Waals surface area contributed by atoms with Crippen molar-refractivity contribution in [1.29, 1.82) is 0 Å². The van der Waals surface area contributed by atoms with Crippen molar-refractivity contribution in [2.75, 3.05) is 41.3 Å². The molecule has 1 N–H and O–H groups in total. The van der Waals surface area contributed by atoms with Crippen LogP contribution in [0.3, 0.4) is 0 Å². The molecule has 2 fully saturated rings. The minimum atomic E-state index is -0.115. The van der Waals surface area contributed by atoms with Crippen LogP contribution in [0.25, 0.3) is 0 Å². The third-order valence-corrected chi connectivity index (χ3v) is 6.27. The highest BCUT2D eigenvalue weighted by atomic mass is 16.1. The van der Waals surface area contributed by atoms with Gasteiger partial charge in [-0.15, -0.1) is 0 Å². The Morgan fingerprint density at radius 1 is 0.931 bits per heavy atom. The molecule has 1 amide bonds. The number of aromatic nitrogens is 1. The monoisotopic (exact) mass is 392 g/mol. The Hall–Kier alpha value is -2.56. The van der Waals surface area contributed by atoms with Gasteiger partial charge in [-0.2, -0.15) is 0 Å². The van der Waals surface area contributed by atoms with Crippen molar-refractivity contribution < 1.29 is 4.79 Å². The van der Waals surface area contributed by atoms with Crippen molar-refractivity contribution in [3.05, 3.63) is 48.2 Å². The third kappa shape index (κ3) is 4.89. The standard InChI is InChI=1S/C24H32N4O/c1-18-11-14-27(15-12-18)22-8-6-21(7-9-22)26-24(29)20-5-10-23(25-16-20)28-13-3-4-19(2)17-28/h5-10,16,18-19H,3-4,11-15,17H2,1-2H3,(H,26,29). The molecule has 3 heterocycles.